The van der Waals surface area contributed by atoms with E-state index >= 15 is 0 Å². The van der Waals surface area contributed by atoms with Crippen molar-refractivity contribution in [3.63, 3.8) is 0 Å². The molecular formula is C14H12Cl2F2Si. The molecule has 2 aromatic rings. The van der Waals surface area contributed by atoms with Crippen molar-refractivity contribution in [1.29, 1.82) is 0 Å². The first-order valence-corrected chi connectivity index (χ1v) is 9.22. The highest BCUT2D eigenvalue weighted by Crippen LogP contribution is 2.31. The van der Waals surface area contributed by atoms with Crippen LogP contribution in [0, 0.1) is 11.6 Å². The van der Waals surface area contributed by atoms with E-state index < -0.39 is 8.83 Å². The molecule has 0 nitrogen and oxygen atoms in total. The van der Waals surface area contributed by atoms with Crippen molar-refractivity contribution in [3.05, 3.63) is 71.3 Å². The molecule has 2 rings (SSSR count). The Bertz CT molecular complexity index is 483. The first-order chi connectivity index (χ1) is 9.11. The number of hydrogen-bond acceptors (Lipinski definition) is 0. The Morgan fingerprint density at radius 3 is 1.47 bits per heavy atom. The molecule has 0 amide bonds. The largest absolute Gasteiger partial charge is 0.207 e. The fourth-order valence-electron chi connectivity index (χ4n) is 2.04. The molecule has 0 heterocycles. The molecule has 2 aromatic carbocycles. The van der Waals surface area contributed by atoms with E-state index in [2.05, 4.69) is 0 Å². The van der Waals surface area contributed by atoms with Crippen LogP contribution in [-0.2, 0) is 0 Å². The molecule has 0 bridgehead atoms. The van der Waals surface area contributed by atoms with Gasteiger partial charge in [-0.2, -0.15) is 11.1 Å². The molecule has 100 valence electrons. The average molecular weight is 317 g/mol. The Balaban J connectivity index is 2.41. The number of hydrogen-bond donors (Lipinski definition) is 0. The highest BCUT2D eigenvalue weighted by Gasteiger charge is 2.23. The van der Waals surface area contributed by atoms with Crippen molar-refractivity contribution in [3.8, 4) is 0 Å². The van der Waals surface area contributed by atoms with Gasteiger partial charge in [0.1, 0.15) is 20.5 Å². The van der Waals surface area contributed by atoms with Crippen LogP contribution in [0.3, 0.4) is 0 Å². The van der Waals surface area contributed by atoms with E-state index in [1.165, 1.54) is 24.3 Å². The lowest BCUT2D eigenvalue weighted by Gasteiger charge is -2.21. The molecule has 0 saturated carbocycles. The molecule has 0 aliphatic rings. The van der Waals surface area contributed by atoms with Crippen molar-refractivity contribution in [2.75, 3.05) is 0 Å². The minimum atomic E-state index is -0.966. The smallest absolute Gasteiger partial charge is 0.144 e. The van der Waals surface area contributed by atoms with Crippen LogP contribution in [-0.4, -0.2) is 13.8 Å². The quantitative estimate of drug-likeness (QED) is 0.454. The van der Waals surface area contributed by atoms with Gasteiger partial charge in [-0.25, -0.2) is 8.78 Å². The second-order valence-corrected chi connectivity index (χ2v) is 7.44. The predicted octanol–water partition coefficient (Wildman–Crippen LogP) is 3.98. The van der Waals surface area contributed by atoms with Crippen LogP contribution in [0.5, 0.6) is 0 Å². The van der Waals surface area contributed by atoms with E-state index in [4.69, 9.17) is 22.7 Å². The average Bonchev–Trinajstić information content (AvgIpc) is 2.43. The van der Waals surface area contributed by atoms with Gasteiger partial charge in [0.2, 0.25) is 0 Å². The van der Waals surface area contributed by atoms with Crippen LogP contribution < -0.4 is 0 Å². The minimum absolute atomic E-state index is 0.132. The fourth-order valence-corrected chi connectivity index (χ4v) is 3.59. The van der Waals surface area contributed by atoms with Gasteiger partial charge in [0, 0.05) is 10.9 Å². The summed E-state index contributed by atoms with van der Waals surface area (Å²) in [7, 11) is -0.966. The molecule has 0 fully saturated rings. The van der Waals surface area contributed by atoms with Crippen LogP contribution in [0.4, 0.5) is 8.78 Å². The highest BCUT2D eigenvalue weighted by atomic mass is 35.6. The molecule has 0 aliphatic heterocycles. The van der Waals surface area contributed by atoms with Gasteiger partial charge in [-0.3, -0.25) is 0 Å². The molecule has 1 atom stereocenters. The maximum absolute atomic E-state index is 13.0. The van der Waals surface area contributed by atoms with Gasteiger partial charge < -0.3 is 0 Å². The lowest BCUT2D eigenvalue weighted by Crippen LogP contribution is -2.18. The third-order valence-corrected chi connectivity index (χ3v) is 5.92. The Morgan fingerprint density at radius 1 is 0.789 bits per heavy atom. The van der Waals surface area contributed by atoms with Crippen LogP contribution >= 0.6 is 22.7 Å². The summed E-state index contributed by atoms with van der Waals surface area (Å²) >= 11 is 12.3. The normalized spacial score (nSPS) is 13.3. The number of benzene rings is 2. The van der Waals surface area contributed by atoms with Crippen molar-refractivity contribution >= 4 is 31.5 Å². The summed E-state index contributed by atoms with van der Waals surface area (Å²) in [4.78, 5) is 0. The lowest BCUT2D eigenvalue weighted by atomic mass is 9.93. The third kappa shape index (κ3) is 3.56. The van der Waals surface area contributed by atoms with E-state index in [1.54, 1.807) is 24.3 Å². The maximum atomic E-state index is 13.0. The van der Waals surface area contributed by atoms with Crippen LogP contribution in [0.2, 0.25) is 0 Å². The van der Waals surface area contributed by atoms with Crippen molar-refractivity contribution < 1.29 is 8.78 Å². The topological polar surface area (TPSA) is 0 Å². The maximum Gasteiger partial charge on any atom is 0.144 e. The summed E-state index contributed by atoms with van der Waals surface area (Å²) in [6, 6.07) is 12.4. The SMILES string of the molecule is Fc1ccc(C(c2ccc(F)cc2)C(Cl)[SiH2]Cl)cc1. The Morgan fingerprint density at radius 2 is 1.16 bits per heavy atom. The molecule has 0 N–H and O–H groups in total. The van der Waals surface area contributed by atoms with E-state index in [0.29, 0.717) is 0 Å². The summed E-state index contributed by atoms with van der Waals surface area (Å²) < 4.78 is 26.0. The van der Waals surface area contributed by atoms with Gasteiger partial charge in [-0.1, -0.05) is 24.3 Å². The molecule has 0 saturated heterocycles. The number of halogens is 4. The van der Waals surface area contributed by atoms with Gasteiger partial charge in [0.15, 0.2) is 0 Å². The first-order valence-electron chi connectivity index (χ1n) is 5.83. The second kappa shape index (κ2) is 6.50. The van der Waals surface area contributed by atoms with Gasteiger partial charge in [0.25, 0.3) is 0 Å². The van der Waals surface area contributed by atoms with Crippen molar-refractivity contribution in [1.82, 2.24) is 0 Å². The molecule has 0 aliphatic carbocycles. The first kappa shape index (κ1) is 14.5. The second-order valence-electron chi connectivity index (χ2n) is 4.25. The molecular weight excluding hydrogens is 305 g/mol. The summed E-state index contributed by atoms with van der Waals surface area (Å²) in [5.41, 5.74) is 1.78. The van der Waals surface area contributed by atoms with E-state index in [-0.39, 0.29) is 22.6 Å². The van der Waals surface area contributed by atoms with Crippen molar-refractivity contribution in [2.24, 2.45) is 0 Å². The monoisotopic (exact) mass is 316 g/mol. The molecule has 0 spiro atoms. The zero-order valence-electron chi connectivity index (χ0n) is 9.99. The zero-order valence-corrected chi connectivity index (χ0v) is 12.9. The van der Waals surface area contributed by atoms with Gasteiger partial charge in [-0.05, 0) is 35.4 Å². The molecule has 19 heavy (non-hydrogen) atoms. The summed E-state index contributed by atoms with van der Waals surface area (Å²) in [6.07, 6.45) is 0. The summed E-state index contributed by atoms with van der Waals surface area (Å²) in [6.45, 7) is 0. The standard InChI is InChI=1S/C14H12Cl2F2Si/c15-14(19-16)13(9-1-5-11(17)6-2-9)10-3-7-12(18)8-4-10/h1-8,13-14H,19H2. The molecule has 0 radical (unpaired) electrons. The number of rotatable bonds is 4. The third-order valence-electron chi connectivity index (χ3n) is 2.97. The highest BCUT2D eigenvalue weighted by molar-refractivity contribution is 6.97. The Labute approximate surface area is 122 Å². The molecule has 1 unspecified atom stereocenters. The van der Waals surface area contributed by atoms with E-state index in [9.17, 15) is 8.78 Å². The van der Waals surface area contributed by atoms with E-state index in [1.807, 2.05) is 0 Å². The predicted molar refractivity (Wildman–Crippen MR) is 78.7 cm³/mol. The molecule has 0 aromatic heterocycles. The fraction of sp³-hybridized carbons (Fsp3) is 0.143. The van der Waals surface area contributed by atoms with Crippen LogP contribution in [0.25, 0.3) is 0 Å². The Hall–Kier alpha value is -0.903. The van der Waals surface area contributed by atoms with Gasteiger partial charge in [0.05, 0.1) is 0 Å². The van der Waals surface area contributed by atoms with Crippen molar-refractivity contribution in [2.45, 2.75) is 10.9 Å². The molecule has 5 heteroatoms. The summed E-state index contributed by atoms with van der Waals surface area (Å²) in [5, 5.41) is -0.211. The Kier molecular flexibility index (Phi) is 4.97. The lowest BCUT2D eigenvalue weighted by molar-refractivity contribution is 0.625. The minimum Gasteiger partial charge on any atom is -0.207 e. The van der Waals surface area contributed by atoms with Crippen LogP contribution in [0.15, 0.2) is 48.5 Å². The van der Waals surface area contributed by atoms with E-state index in [0.717, 1.165) is 11.1 Å². The van der Waals surface area contributed by atoms with Gasteiger partial charge in [-0.15, -0.1) is 11.6 Å². The zero-order chi connectivity index (χ0) is 13.8. The van der Waals surface area contributed by atoms with Crippen LogP contribution in [0.1, 0.15) is 17.0 Å². The summed E-state index contributed by atoms with van der Waals surface area (Å²) in [5.74, 6) is -0.723. The number of alkyl halides is 1. The van der Waals surface area contributed by atoms with Gasteiger partial charge >= 0.3 is 0 Å².